The molecule has 0 unspecified atom stereocenters. The molecule has 4 N–H and O–H groups in total. The van der Waals surface area contributed by atoms with E-state index in [1.165, 1.54) is 46.6 Å². The van der Waals surface area contributed by atoms with Crippen LogP contribution in [0.1, 0.15) is 46.7 Å². The van der Waals surface area contributed by atoms with Gasteiger partial charge in [0.25, 0.3) is 0 Å². The summed E-state index contributed by atoms with van der Waals surface area (Å²) in [6.45, 7) is 5.46. The van der Waals surface area contributed by atoms with Crippen LogP contribution >= 0.6 is 11.5 Å². The Morgan fingerprint density at radius 2 is 1.94 bits per heavy atom. The largest absolute Gasteiger partial charge is 0.383 e. The number of fused-ring (bicyclic) bond motifs is 2. The van der Waals surface area contributed by atoms with Crippen molar-refractivity contribution in [3.05, 3.63) is 70.8 Å². The molecular formula is C25H26N8S. The second-order valence-electron chi connectivity index (χ2n) is 8.95. The maximum absolute atomic E-state index is 6.07. The van der Waals surface area contributed by atoms with Crippen molar-refractivity contribution in [2.75, 3.05) is 16.4 Å². The normalized spacial score (nSPS) is 13.6. The third-order valence-corrected chi connectivity index (χ3v) is 7.23. The molecule has 1 saturated carbocycles. The molecule has 0 aliphatic heterocycles. The predicted octanol–water partition coefficient (Wildman–Crippen LogP) is 5.03. The first kappa shape index (κ1) is 20.9. The molecule has 0 saturated heterocycles. The van der Waals surface area contributed by atoms with Gasteiger partial charge in [-0.1, -0.05) is 6.07 Å². The van der Waals surface area contributed by atoms with Gasteiger partial charge in [-0.25, -0.2) is 9.97 Å². The molecule has 0 spiro atoms. The molecule has 5 aromatic rings. The second kappa shape index (κ2) is 8.25. The minimum atomic E-state index is 0.564. The molecule has 0 atom stereocenters. The monoisotopic (exact) mass is 470 g/mol. The van der Waals surface area contributed by atoms with Crippen LogP contribution in [0, 0.1) is 13.8 Å². The Morgan fingerprint density at radius 3 is 2.79 bits per heavy atom. The molecule has 0 amide bonds. The summed E-state index contributed by atoms with van der Waals surface area (Å²) in [5.74, 6) is 1.91. The first-order valence-electron chi connectivity index (χ1n) is 11.5. The van der Waals surface area contributed by atoms with Gasteiger partial charge in [-0.15, -0.1) is 0 Å². The zero-order chi connectivity index (χ0) is 23.2. The highest BCUT2D eigenvalue weighted by Crippen LogP contribution is 2.39. The highest BCUT2D eigenvalue weighted by atomic mass is 32.1. The summed E-state index contributed by atoms with van der Waals surface area (Å²) in [7, 11) is 0. The summed E-state index contributed by atoms with van der Waals surface area (Å²) in [4.78, 5) is 13.5. The van der Waals surface area contributed by atoms with Crippen molar-refractivity contribution in [3.63, 3.8) is 0 Å². The number of hydrogen-bond acceptors (Lipinski definition) is 8. The van der Waals surface area contributed by atoms with E-state index in [2.05, 4.69) is 73.8 Å². The summed E-state index contributed by atoms with van der Waals surface area (Å²) in [6, 6.07) is 8.42. The lowest BCUT2D eigenvalue weighted by Gasteiger charge is -2.14. The van der Waals surface area contributed by atoms with Gasteiger partial charge in [-0.3, -0.25) is 0 Å². The third kappa shape index (κ3) is 3.92. The number of hydrogen-bond donors (Lipinski definition) is 3. The number of imidazole rings is 1. The van der Waals surface area contributed by atoms with Crippen LogP contribution in [-0.2, 0) is 13.1 Å². The zero-order valence-corrected chi connectivity index (χ0v) is 20.0. The number of benzene rings is 1. The molecule has 9 heteroatoms. The smallest absolute Gasteiger partial charge is 0.236 e. The number of nitrogens with two attached hydrogens (primary N) is 1. The lowest BCUT2D eigenvalue weighted by molar-refractivity contribution is 1.04. The van der Waals surface area contributed by atoms with Crippen LogP contribution in [-0.4, -0.2) is 23.7 Å². The Hall–Kier alpha value is -3.72. The van der Waals surface area contributed by atoms with E-state index in [-0.39, 0.29) is 0 Å². The number of nitrogens with zero attached hydrogens (tertiary/aromatic N) is 5. The van der Waals surface area contributed by atoms with Crippen molar-refractivity contribution < 1.29 is 0 Å². The molecule has 4 aromatic heterocycles. The van der Waals surface area contributed by atoms with Crippen molar-refractivity contribution in [1.82, 2.24) is 23.7 Å². The quantitative estimate of drug-likeness (QED) is 0.306. The van der Waals surface area contributed by atoms with Gasteiger partial charge < -0.3 is 20.8 Å². The molecule has 0 radical (unpaired) electrons. The van der Waals surface area contributed by atoms with E-state index < -0.39 is 0 Å². The number of aryl methyl sites for hydroxylation is 2. The molecule has 34 heavy (non-hydrogen) atoms. The molecule has 1 aliphatic carbocycles. The van der Waals surface area contributed by atoms with Crippen LogP contribution < -0.4 is 16.4 Å². The maximum atomic E-state index is 6.07. The Kier molecular flexibility index (Phi) is 5.06. The van der Waals surface area contributed by atoms with Crippen LogP contribution in [0.5, 0.6) is 0 Å². The molecule has 0 bridgehead atoms. The van der Waals surface area contributed by atoms with E-state index >= 15 is 0 Å². The first-order chi connectivity index (χ1) is 16.5. The predicted molar refractivity (Wildman–Crippen MR) is 137 cm³/mol. The summed E-state index contributed by atoms with van der Waals surface area (Å²) < 4.78 is 6.58. The van der Waals surface area contributed by atoms with Crippen molar-refractivity contribution in [2.24, 2.45) is 0 Å². The second-order valence-corrected chi connectivity index (χ2v) is 9.70. The third-order valence-electron chi connectivity index (χ3n) is 6.56. The molecule has 4 heterocycles. The van der Waals surface area contributed by atoms with Crippen molar-refractivity contribution in [3.8, 4) is 0 Å². The average Bonchev–Trinajstić information content (AvgIpc) is 3.44. The highest BCUT2D eigenvalue weighted by molar-refractivity contribution is 7.09. The van der Waals surface area contributed by atoms with Crippen LogP contribution in [0.3, 0.4) is 0 Å². The Morgan fingerprint density at radius 1 is 1.06 bits per heavy atom. The fourth-order valence-electron chi connectivity index (χ4n) is 4.51. The Balaban J connectivity index is 1.12. The minimum absolute atomic E-state index is 0.564. The highest BCUT2D eigenvalue weighted by Gasteiger charge is 2.23. The van der Waals surface area contributed by atoms with Crippen molar-refractivity contribution >= 4 is 44.8 Å². The molecule has 6 rings (SSSR count). The van der Waals surface area contributed by atoms with Gasteiger partial charge in [0.15, 0.2) is 0 Å². The average molecular weight is 471 g/mol. The summed E-state index contributed by atoms with van der Waals surface area (Å²) >= 11 is 1.34. The number of nitrogens with one attached hydrogen (secondary N) is 2. The van der Waals surface area contributed by atoms with E-state index in [0.717, 1.165) is 33.2 Å². The fraction of sp³-hybridized carbons (Fsp3) is 0.280. The molecule has 1 aromatic carbocycles. The number of nitrogen functional groups attached to an aromatic ring is 1. The SMILES string of the molecule is Cc1cc2c(N)nccc2c(C)c1CNc1nsc(NCc2cn3cc(C4CC4)ccc3n2)n1. The summed E-state index contributed by atoms with van der Waals surface area (Å²) in [6.07, 6.45) is 8.65. The standard InChI is InChI=1S/C25H26N8S/c1-14-9-20-19(7-8-27-23(20)26)15(2)21(14)11-28-24-31-25(34-32-24)29-10-18-13-33-12-17(16-3-4-16)5-6-22(33)30-18/h5-9,12-13,16H,3-4,10-11H2,1-2H3,(H2,26,27)(H2,28,29,31,32). The topological polar surface area (TPSA) is 106 Å². The van der Waals surface area contributed by atoms with Crippen molar-refractivity contribution in [1.29, 1.82) is 0 Å². The van der Waals surface area contributed by atoms with Gasteiger partial charge in [-0.2, -0.15) is 9.36 Å². The van der Waals surface area contributed by atoms with Crippen molar-refractivity contribution in [2.45, 2.75) is 45.7 Å². The van der Waals surface area contributed by atoms with Gasteiger partial charge in [0.1, 0.15) is 11.5 Å². The van der Waals surface area contributed by atoms with Gasteiger partial charge >= 0.3 is 0 Å². The lowest BCUT2D eigenvalue weighted by atomic mass is 9.96. The van der Waals surface area contributed by atoms with E-state index in [1.807, 2.05) is 6.07 Å². The van der Waals surface area contributed by atoms with Gasteiger partial charge in [-0.05, 0) is 78.4 Å². The van der Waals surface area contributed by atoms with Gasteiger partial charge in [0.2, 0.25) is 11.1 Å². The lowest BCUT2D eigenvalue weighted by Crippen LogP contribution is -2.06. The van der Waals surface area contributed by atoms with E-state index in [0.29, 0.717) is 24.9 Å². The number of pyridine rings is 2. The van der Waals surface area contributed by atoms with Gasteiger partial charge in [0, 0.05) is 42.1 Å². The fourth-order valence-corrected chi connectivity index (χ4v) is 5.05. The van der Waals surface area contributed by atoms with Gasteiger partial charge in [0.05, 0.1) is 12.2 Å². The van der Waals surface area contributed by atoms with E-state index in [1.54, 1.807) is 6.20 Å². The molecular weight excluding hydrogens is 444 g/mol. The zero-order valence-electron chi connectivity index (χ0n) is 19.2. The Bertz CT molecular complexity index is 1510. The molecule has 1 fully saturated rings. The van der Waals surface area contributed by atoms with Crippen LogP contribution in [0.25, 0.3) is 16.4 Å². The number of anilines is 3. The maximum Gasteiger partial charge on any atom is 0.236 e. The molecule has 1 aliphatic rings. The number of aromatic nitrogens is 5. The summed E-state index contributed by atoms with van der Waals surface area (Å²) in [5, 5.41) is 9.61. The minimum Gasteiger partial charge on any atom is -0.383 e. The summed E-state index contributed by atoms with van der Waals surface area (Å²) in [5.41, 5.74) is 13.0. The van der Waals surface area contributed by atoms with Crippen LogP contribution in [0.15, 0.2) is 42.9 Å². The van der Waals surface area contributed by atoms with E-state index in [4.69, 9.17) is 10.7 Å². The van der Waals surface area contributed by atoms with Crippen LogP contribution in [0.2, 0.25) is 0 Å². The molecule has 8 nitrogen and oxygen atoms in total. The number of rotatable bonds is 7. The van der Waals surface area contributed by atoms with E-state index in [9.17, 15) is 0 Å². The molecule has 172 valence electrons. The van der Waals surface area contributed by atoms with Crippen LogP contribution in [0.4, 0.5) is 16.9 Å². The Labute approximate surface area is 201 Å². The first-order valence-corrected chi connectivity index (χ1v) is 12.2.